The van der Waals surface area contributed by atoms with Gasteiger partial charge < -0.3 is 11.1 Å². The fourth-order valence-corrected chi connectivity index (χ4v) is 4.43. The van der Waals surface area contributed by atoms with Gasteiger partial charge in [-0.3, -0.25) is 0 Å². The molecular formula is C13H21N3O2S2. The van der Waals surface area contributed by atoms with Crippen LogP contribution in [0.25, 0.3) is 0 Å². The van der Waals surface area contributed by atoms with E-state index < -0.39 is 10.0 Å². The zero-order valence-electron chi connectivity index (χ0n) is 11.6. The molecule has 0 saturated carbocycles. The average molecular weight is 315 g/mol. The summed E-state index contributed by atoms with van der Waals surface area (Å²) in [7, 11) is -3.75. The van der Waals surface area contributed by atoms with Crippen molar-refractivity contribution >= 4 is 33.2 Å². The van der Waals surface area contributed by atoms with Gasteiger partial charge in [-0.25, -0.2) is 13.6 Å². The molecule has 1 heterocycles. The summed E-state index contributed by atoms with van der Waals surface area (Å²) in [6.45, 7) is 2.59. The highest BCUT2D eigenvalue weighted by Crippen LogP contribution is 2.28. The molecule has 1 aromatic rings. The van der Waals surface area contributed by atoms with E-state index in [1.54, 1.807) is 13.0 Å². The first-order valence-corrected chi connectivity index (χ1v) is 9.32. The predicted molar refractivity (Wildman–Crippen MR) is 85.5 cm³/mol. The zero-order chi connectivity index (χ0) is 14.8. The maximum Gasteiger partial charge on any atom is 0.238 e. The maximum absolute atomic E-state index is 11.6. The van der Waals surface area contributed by atoms with E-state index in [0.717, 1.165) is 12.2 Å². The van der Waals surface area contributed by atoms with Crippen LogP contribution >= 0.6 is 11.8 Å². The van der Waals surface area contributed by atoms with Crippen LogP contribution in [0.5, 0.6) is 0 Å². The molecule has 112 valence electrons. The molecule has 1 aromatic carbocycles. The van der Waals surface area contributed by atoms with Gasteiger partial charge in [0.05, 0.1) is 4.90 Å². The van der Waals surface area contributed by atoms with Gasteiger partial charge in [-0.1, -0.05) is 0 Å². The lowest BCUT2D eigenvalue weighted by Crippen LogP contribution is -2.20. The summed E-state index contributed by atoms with van der Waals surface area (Å²) in [6.07, 6.45) is 2.39. The second kappa shape index (κ2) is 6.24. The Kier molecular flexibility index (Phi) is 4.82. The highest BCUT2D eigenvalue weighted by atomic mass is 32.2. The molecule has 2 rings (SSSR count). The third-order valence-corrected chi connectivity index (χ3v) is 5.70. The summed E-state index contributed by atoms with van der Waals surface area (Å²) in [5, 5.41) is 8.55. The second-order valence-electron chi connectivity index (χ2n) is 5.17. The Balaban J connectivity index is 2.17. The van der Waals surface area contributed by atoms with Gasteiger partial charge in [-0.15, -0.1) is 0 Å². The lowest BCUT2D eigenvalue weighted by atomic mass is 10.0. The van der Waals surface area contributed by atoms with Crippen molar-refractivity contribution in [3.05, 3.63) is 17.7 Å². The largest absolute Gasteiger partial charge is 0.399 e. The number of anilines is 2. The van der Waals surface area contributed by atoms with E-state index in [4.69, 9.17) is 10.9 Å². The quantitative estimate of drug-likeness (QED) is 0.736. The standard InChI is InChI=1S/C13H21N3O2S2/c1-9-12(16-8-10-2-4-19-5-3-10)6-11(14)7-13(9)20(15,17)18/h6-7,10,16H,2-5,8,14H2,1H3,(H2,15,17,18). The number of rotatable bonds is 4. The van der Waals surface area contributed by atoms with E-state index in [-0.39, 0.29) is 4.90 Å². The van der Waals surface area contributed by atoms with E-state index in [1.165, 1.54) is 30.4 Å². The van der Waals surface area contributed by atoms with Crippen LogP contribution in [0.2, 0.25) is 0 Å². The van der Waals surface area contributed by atoms with Crippen LogP contribution in [-0.2, 0) is 10.0 Å². The highest BCUT2D eigenvalue weighted by Gasteiger charge is 2.17. The predicted octanol–water partition coefficient (Wildman–Crippen LogP) is 1.78. The molecule has 0 atom stereocenters. The summed E-state index contributed by atoms with van der Waals surface area (Å²) in [5.74, 6) is 3.03. The Morgan fingerprint density at radius 2 is 2.00 bits per heavy atom. The second-order valence-corrected chi connectivity index (χ2v) is 7.93. The van der Waals surface area contributed by atoms with E-state index in [1.807, 2.05) is 11.8 Å². The lowest BCUT2D eigenvalue weighted by Gasteiger charge is -2.23. The van der Waals surface area contributed by atoms with Crippen LogP contribution in [0.1, 0.15) is 18.4 Å². The van der Waals surface area contributed by atoms with Crippen molar-refractivity contribution < 1.29 is 8.42 Å². The minimum Gasteiger partial charge on any atom is -0.399 e. The molecule has 0 bridgehead atoms. The average Bonchev–Trinajstić information content (AvgIpc) is 2.39. The topological polar surface area (TPSA) is 98.2 Å². The molecule has 0 amide bonds. The van der Waals surface area contributed by atoms with E-state index in [9.17, 15) is 8.42 Å². The Labute approximate surface area is 124 Å². The molecule has 0 unspecified atom stereocenters. The summed E-state index contributed by atoms with van der Waals surface area (Å²) >= 11 is 1.99. The Morgan fingerprint density at radius 3 is 2.60 bits per heavy atom. The lowest BCUT2D eigenvalue weighted by molar-refractivity contribution is 0.516. The van der Waals surface area contributed by atoms with E-state index in [0.29, 0.717) is 17.2 Å². The Morgan fingerprint density at radius 1 is 1.35 bits per heavy atom. The molecule has 5 nitrogen and oxygen atoms in total. The highest BCUT2D eigenvalue weighted by molar-refractivity contribution is 7.99. The van der Waals surface area contributed by atoms with Gasteiger partial charge in [-0.2, -0.15) is 11.8 Å². The Hall–Kier alpha value is -0.920. The summed E-state index contributed by atoms with van der Waals surface area (Å²) in [4.78, 5) is 0.0965. The molecule has 0 radical (unpaired) electrons. The van der Waals surface area contributed by atoms with Gasteiger partial charge in [-0.05, 0) is 54.9 Å². The summed E-state index contributed by atoms with van der Waals surface area (Å²) in [5.41, 5.74) is 7.56. The van der Waals surface area contributed by atoms with Crippen molar-refractivity contribution in [3.8, 4) is 0 Å². The van der Waals surface area contributed by atoms with Gasteiger partial charge in [0.1, 0.15) is 0 Å². The van der Waals surface area contributed by atoms with Crippen LogP contribution in [0, 0.1) is 12.8 Å². The molecule has 0 aromatic heterocycles. The molecule has 0 aliphatic carbocycles. The van der Waals surface area contributed by atoms with Crippen molar-refractivity contribution in [3.63, 3.8) is 0 Å². The first-order chi connectivity index (χ1) is 9.38. The van der Waals surface area contributed by atoms with E-state index >= 15 is 0 Å². The number of nitrogens with one attached hydrogen (secondary N) is 1. The monoisotopic (exact) mass is 315 g/mol. The molecule has 0 spiro atoms. The van der Waals surface area contributed by atoms with Gasteiger partial charge in [0.2, 0.25) is 10.0 Å². The van der Waals surface area contributed by atoms with Crippen molar-refractivity contribution in [2.75, 3.05) is 29.1 Å². The SMILES string of the molecule is Cc1c(NCC2CCSCC2)cc(N)cc1S(N)(=O)=O. The number of primary sulfonamides is 1. The van der Waals surface area contributed by atoms with Gasteiger partial charge in [0.25, 0.3) is 0 Å². The van der Waals surface area contributed by atoms with Crippen LogP contribution in [-0.4, -0.2) is 26.5 Å². The normalized spacial score (nSPS) is 17.1. The molecule has 1 saturated heterocycles. The van der Waals surface area contributed by atoms with Crippen LogP contribution in [0.4, 0.5) is 11.4 Å². The smallest absolute Gasteiger partial charge is 0.238 e. The molecule has 20 heavy (non-hydrogen) atoms. The van der Waals surface area contributed by atoms with Crippen molar-refractivity contribution in [1.29, 1.82) is 0 Å². The fraction of sp³-hybridized carbons (Fsp3) is 0.538. The first kappa shape index (κ1) is 15.5. The molecule has 1 fully saturated rings. The molecule has 7 heteroatoms. The molecular weight excluding hydrogens is 294 g/mol. The molecule has 1 aliphatic heterocycles. The number of sulfonamides is 1. The molecule has 1 aliphatic rings. The van der Waals surface area contributed by atoms with Crippen LogP contribution in [0.3, 0.4) is 0 Å². The van der Waals surface area contributed by atoms with Crippen LogP contribution in [0.15, 0.2) is 17.0 Å². The van der Waals surface area contributed by atoms with Crippen molar-refractivity contribution in [1.82, 2.24) is 0 Å². The fourth-order valence-electron chi connectivity index (χ4n) is 2.39. The third kappa shape index (κ3) is 3.80. The number of thioether (sulfide) groups is 1. The first-order valence-electron chi connectivity index (χ1n) is 6.62. The number of benzene rings is 1. The minimum atomic E-state index is -3.75. The number of nitrogen functional groups attached to an aromatic ring is 1. The summed E-state index contributed by atoms with van der Waals surface area (Å²) < 4.78 is 23.1. The van der Waals surface area contributed by atoms with Crippen molar-refractivity contribution in [2.24, 2.45) is 11.1 Å². The zero-order valence-corrected chi connectivity index (χ0v) is 13.2. The van der Waals surface area contributed by atoms with Gasteiger partial charge in [0, 0.05) is 17.9 Å². The van der Waals surface area contributed by atoms with Crippen LogP contribution < -0.4 is 16.2 Å². The number of nitrogens with two attached hydrogens (primary N) is 2. The minimum absolute atomic E-state index is 0.0965. The number of hydrogen-bond acceptors (Lipinski definition) is 5. The van der Waals surface area contributed by atoms with E-state index in [2.05, 4.69) is 5.32 Å². The van der Waals surface area contributed by atoms with Gasteiger partial charge in [0.15, 0.2) is 0 Å². The molecule has 5 N–H and O–H groups in total. The Bertz CT molecular complexity index is 582. The summed E-state index contributed by atoms with van der Waals surface area (Å²) in [6, 6.07) is 3.18. The van der Waals surface area contributed by atoms with Crippen molar-refractivity contribution in [2.45, 2.75) is 24.7 Å². The maximum atomic E-state index is 11.6. The van der Waals surface area contributed by atoms with Gasteiger partial charge >= 0.3 is 0 Å². The third-order valence-electron chi connectivity index (χ3n) is 3.61. The number of hydrogen-bond donors (Lipinski definition) is 3.